The molecule has 1 aromatic rings. The monoisotopic (exact) mass is 235 g/mol. The molecular weight excluding hydrogens is 214 g/mol. The Hall–Kier alpha value is -1.48. The second-order valence-electron chi connectivity index (χ2n) is 4.03. The van der Waals surface area contributed by atoms with Gasteiger partial charge in [0, 0.05) is 6.04 Å². The van der Waals surface area contributed by atoms with Crippen LogP contribution in [-0.2, 0) is 0 Å². The van der Waals surface area contributed by atoms with Crippen LogP contribution in [0.5, 0.6) is 11.5 Å². The van der Waals surface area contributed by atoms with E-state index in [1.807, 2.05) is 18.2 Å². The van der Waals surface area contributed by atoms with Crippen LogP contribution in [0.2, 0.25) is 0 Å². The van der Waals surface area contributed by atoms with E-state index >= 15 is 0 Å². The highest BCUT2D eigenvalue weighted by Crippen LogP contribution is 2.26. The van der Waals surface area contributed by atoms with Crippen molar-refractivity contribution in [1.29, 1.82) is 0 Å². The summed E-state index contributed by atoms with van der Waals surface area (Å²) in [5, 5.41) is 12.8. The van der Waals surface area contributed by atoms with E-state index in [0.717, 1.165) is 18.5 Å². The molecule has 94 valence electrons. The van der Waals surface area contributed by atoms with Crippen molar-refractivity contribution in [3.05, 3.63) is 29.8 Å². The molecule has 0 amide bonds. The summed E-state index contributed by atoms with van der Waals surface area (Å²) in [4.78, 5) is 0. The van der Waals surface area contributed by atoms with Gasteiger partial charge < -0.3 is 15.2 Å². The Morgan fingerprint density at radius 2 is 2.24 bits per heavy atom. The van der Waals surface area contributed by atoms with Crippen LogP contribution >= 0.6 is 0 Å². The second-order valence-corrected chi connectivity index (χ2v) is 4.03. The third-order valence-electron chi connectivity index (χ3n) is 2.50. The van der Waals surface area contributed by atoms with Gasteiger partial charge in [0.25, 0.3) is 0 Å². The maximum atomic E-state index is 9.47. The summed E-state index contributed by atoms with van der Waals surface area (Å²) >= 11 is 0. The number of phenols is 1. The first-order valence-electron chi connectivity index (χ1n) is 5.96. The Kier molecular flexibility index (Phi) is 5.57. The predicted molar refractivity (Wildman–Crippen MR) is 71.4 cm³/mol. The van der Waals surface area contributed by atoms with Gasteiger partial charge in [-0.05, 0) is 37.6 Å². The van der Waals surface area contributed by atoms with Gasteiger partial charge in [0.2, 0.25) is 0 Å². The maximum absolute atomic E-state index is 9.47. The van der Waals surface area contributed by atoms with Crippen LogP contribution in [0.15, 0.2) is 24.3 Å². The minimum absolute atomic E-state index is 0.168. The van der Waals surface area contributed by atoms with E-state index < -0.39 is 0 Å². The van der Waals surface area contributed by atoms with Crippen molar-refractivity contribution in [2.75, 3.05) is 13.7 Å². The molecular formula is C14H21NO2. The van der Waals surface area contributed by atoms with Crippen LogP contribution in [0.25, 0.3) is 6.08 Å². The first kappa shape index (κ1) is 13.6. The number of benzene rings is 1. The highest BCUT2D eigenvalue weighted by atomic mass is 16.5. The molecule has 1 aromatic carbocycles. The second kappa shape index (κ2) is 6.97. The lowest BCUT2D eigenvalue weighted by molar-refractivity contribution is 0.373. The van der Waals surface area contributed by atoms with Gasteiger partial charge in [0.1, 0.15) is 0 Å². The van der Waals surface area contributed by atoms with E-state index in [1.165, 1.54) is 0 Å². The molecule has 0 saturated heterocycles. The summed E-state index contributed by atoms with van der Waals surface area (Å²) in [5.74, 6) is 0.670. The van der Waals surface area contributed by atoms with Gasteiger partial charge in [-0.15, -0.1) is 0 Å². The zero-order valence-corrected chi connectivity index (χ0v) is 10.7. The summed E-state index contributed by atoms with van der Waals surface area (Å²) in [7, 11) is 1.55. The third kappa shape index (κ3) is 4.49. The molecule has 0 saturated carbocycles. The van der Waals surface area contributed by atoms with E-state index in [9.17, 15) is 5.11 Å². The molecule has 0 aromatic heterocycles. The maximum Gasteiger partial charge on any atom is 0.161 e. The normalized spacial score (nSPS) is 12.9. The molecule has 0 bridgehead atoms. The molecule has 0 heterocycles. The lowest BCUT2D eigenvalue weighted by Crippen LogP contribution is -2.24. The van der Waals surface area contributed by atoms with Crippen molar-refractivity contribution >= 4 is 6.08 Å². The number of methoxy groups -OCH3 is 1. The highest BCUT2D eigenvalue weighted by molar-refractivity contribution is 5.55. The topological polar surface area (TPSA) is 41.5 Å². The number of hydrogen-bond acceptors (Lipinski definition) is 3. The van der Waals surface area contributed by atoms with Gasteiger partial charge in [0.05, 0.1) is 7.11 Å². The van der Waals surface area contributed by atoms with Gasteiger partial charge in [-0.2, -0.15) is 0 Å². The Labute approximate surface area is 103 Å². The Balaban J connectivity index is 2.64. The van der Waals surface area contributed by atoms with Crippen LogP contribution in [0.1, 0.15) is 25.8 Å². The smallest absolute Gasteiger partial charge is 0.161 e. The van der Waals surface area contributed by atoms with Crippen LogP contribution in [0.3, 0.4) is 0 Å². The van der Waals surface area contributed by atoms with Crippen LogP contribution in [0.4, 0.5) is 0 Å². The van der Waals surface area contributed by atoms with Crippen LogP contribution in [-0.4, -0.2) is 24.8 Å². The summed E-state index contributed by atoms with van der Waals surface area (Å²) in [6.07, 6.45) is 5.25. The lowest BCUT2D eigenvalue weighted by Gasteiger charge is -2.08. The summed E-state index contributed by atoms with van der Waals surface area (Å²) in [6, 6.07) is 5.66. The molecule has 1 rings (SSSR count). The SMILES string of the molecule is CCCNC(C)/C=C/c1ccc(O)c(OC)c1. The number of hydrogen-bond donors (Lipinski definition) is 2. The number of ether oxygens (including phenoxy) is 1. The van der Waals surface area contributed by atoms with Crippen molar-refractivity contribution in [3.63, 3.8) is 0 Å². The zero-order valence-electron chi connectivity index (χ0n) is 10.7. The van der Waals surface area contributed by atoms with Gasteiger partial charge in [0.15, 0.2) is 11.5 Å². The average Bonchev–Trinajstić information content (AvgIpc) is 2.35. The minimum Gasteiger partial charge on any atom is -0.504 e. The molecule has 17 heavy (non-hydrogen) atoms. The highest BCUT2D eigenvalue weighted by Gasteiger charge is 2.00. The Morgan fingerprint density at radius 3 is 2.88 bits per heavy atom. The van der Waals surface area contributed by atoms with Crippen molar-refractivity contribution in [1.82, 2.24) is 5.32 Å². The predicted octanol–water partition coefficient (Wildman–Crippen LogP) is 2.80. The van der Waals surface area contributed by atoms with Gasteiger partial charge in [-0.1, -0.05) is 25.1 Å². The first-order valence-corrected chi connectivity index (χ1v) is 5.96. The third-order valence-corrected chi connectivity index (χ3v) is 2.50. The van der Waals surface area contributed by atoms with Gasteiger partial charge in [-0.3, -0.25) is 0 Å². The molecule has 0 aliphatic carbocycles. The first-order chi connectivity index (χ1) is 8.17. The van der Waals surface area contributed by atoms with Crippen LogP contribution in [0, 0.1) is 0 Å². The quantitative estimate of drug-likeness (QED) is 0.796. The number of phenolic OH excluding ortho intramolecular Hbond substituents is 1. The molecule has 0 spiro atoms. The molecule has 2 N–H and O–H groups in total. The van der Waals surface area contributed by atoms with E-state index in [0.29, 0.717) is 11.8 Å². The standard InChI is InChI=1S/C14H21NO2/c1-4-9-15-11(2)5-6-12-7-8-13(16)14(10-12)17-3/h5-8,10-11,15-16H,4,9H2,1-3H3/b6-5+. The van der Waals surface area contributed by atoms with E-state index in [4.69, 9.17) is 4.74 Å². The minimum atomic E-state index is 0.168. The molecule has 0 radical (unpaired) electrons. The summed E-state index contributed by atoms with van der Waals surface area (Å²) in [6.45, 7) is 5.28. The van der Waals surface area contributed by atoms with Crippen molar-refractivity contribution in [2.45, 2.75) is 26.3 Å². The molecule has 0 fully saturated rings. The van der Waals surface area contributed by atoms with E-state index in [1.54, 1.807) is 13.2 Å². The molecule has 0 aliphatic rings. The van der Waals surface area contributed by atoms with Crippen LogP contribution < -0.4 is 10.1 Å². The van der Waals surface area contributed by atoms with Gasteiger partial charge in [-0.25, -0.2) is 0 Å². The summed E-state index contributed by atoms with van der Waals surface area (Å²) in [5.41, 5.74) is 1.02. The number of aromatic hydroxyl groups is 1. The number of nitrogens with one attached hydrogen (secondary N) is 1. The van der Waals surface area contributed by atoms with Crippen molar-refractivity contribution < 1.29 is 9.84 Å². The largest absolute Gasteiger partial charge is 0.504 e. The van der Waals surface area contributed by atoms with Crippen molar-refractivity contribution in [2.24, 2.45) is 0 Å². The van der Waals surface area contributed by atoms with E-state index in [2.05, 4.69) is 25.2 Å². The van der Waals surface area contributed by atoms with E-state index in [-0.39, 0.29) is 5.75 Å². The molecule has 3 heteroatoms. The fourth-order valence-corrected chi connectivity index (χ4v) is 1.49. The van der Waals surface area contributed by atoms with Crippen molar-refractivity contribution in [3.8, 4) is 11.5 Å². The summed E-state index contributed by atoms with van der Waals surface area (Å²) < 4.78 is 5.06. The molecule has 1 unspecified atom stereocenters. The zero-order chi connectivity index (χ0) is 12.7. The lowest BCUT2D eigenvalue weighted by atomic mass is 10.1. The molecule has 0 aliphatic heterocycles. The van der Waals surface area contributed by atoms with Gasteiger partial charge >= 0.3 is 0 Å². The molecule has 1 atom stereocenters. The molecule has 3 nitrogen and oxygen atoms in total. The number of rotatable bonds is 6. The average molecular weight is 235 g/mol. The Morgan fingerprint density at radius 1 is 1.47 bits per heavy atom. The Bertz CT molecular complexity index is 374. The fraction of sp³-hybridized carbons (Fsp3) is 0.429. The fourth-order valence-electron chi connectivity index (χ4n) is 1.49.